The molecule has 0 aliphatic heterocycles. The first-order valence-electron chi connectivity index (χ1n) is 8.00. The van der Waals surface area contributed by atoms with Gasteiger partial charge in [0.25, 0.3) is 0 Å². The maximum atomic E-state index is 11.6. The molecule has 4 aromatic rings. The second-order valence-electron chi connectivity index (χ2n) is 5.72. The predicted molar refractivity (Wildman–Crippen MR) is 102 cm³/mol. The number of hydrogen-bond acceptors (Lipinski definition) is 9. The summed E-state index contributed by atoms with van der Waals surface area (Å²) in [6, 6.07) is 9.41. The van der Waals surface area contributed by atoms with Crippen molar-refractivity contribution < 1.29 is 9.34 Å². The largest absolute Gasteiger partial charge is 0.467 e. The predicted octanol–water partition coefficient (Wildman–Crippen LogP) is 4.25. The molecule has 3 heterocycles. The summed E-state index contributed by atoms with van der Waals surface area (Å²) in [7, 11) is 0. The fraction of sp³-hybridized carbons (Fsp3) is 0.118. The molecule has 0 unspecified atom stereocenters. The van der Waals surface area contributed by atoms with E-state index in [1.54, 1.807) is 12.1 Å². The second kappa shape index (κ2) is 7.00. The monoisotopic (exact) mass is 382 g/mol. The molecule has 3 aromatic heterocycles. The van der Waals surface area contributed by atoms with Gasteiger partial charge < -0.3 is 15.1 Å². The van der Waals surface area contributed by atoms with Gasteiger partial charge in [-0.3, -0.25) is 10.1 Å². The lowest BCUT2D eigenvalue weighted by atomic mass is 10.2. The summed E-state index contributed by atoms with van der Waals surface area (Å²) in [5, 5.41) is 18.0. The van der Waals surface area contributed by atoms with Crippen molar-refractivity contribution in [3.63, 3.8) is 0 Å². The third-order valence-corrected chi connectivity index (χ3v) is 4.72. The van der Waals surface area contributed by atoms with E-state index >= 15 is 0 Å². The van der Waals surface area contributed by atoms with Gasteiger partial charge in [0.15, 0.2) is 5.13 Å². The van der Waals surface area contributed by atoms with Crippen LogP contribution in [0.1, 0.15) is 11.3 Å². The third-order valence-electron chi connectivity index (χ3n) is 3.78. The molecule has 10 heteroatoms. The van der Waals surface area contributed by atoms with Gasteiger partial charge in [-0.15, -0.1) is 0 Å². The number of thiazole rings is 1. The molecule has 9 nitrogen and oxygen atoms in total. The molecule has 0 saturated carbocycles. The zero-order valence-electron chi connectivity index (χ0n) is 14.2. The minimum atomic E-state index is -0.524. The SMILES string of the molecule is Cc1ccc2nc(Nc3ncnc(NCc4ccco4)c3[N+](=O)[O-])sc2c1. The Hall–Kier alpha value is -3.53. The molecule has 0 aliphatic carbocycles. The lowest BCUT2D eigenvalue weighted by Gasteiger charge is -2.07. The Labute approximate surface area is 157 Å². The van der Waals surface area contributed by atoms with Gasteiger partial charge in [-0.1, -0.05) is 17.4 Å². The van der Waals surface area contributed by atoms with Crippen LogP contribution in [-0.2, 0) is 6.54 Å². The Morgan fingerprint density at radius 1 is 1.26 bits per heavy atom. The number of hydrogen-bond donors (Lipinski definition) is 2. The van der Waals surface area contributed by atoms with Gasteiger partial charge in [-0.05, 0) is 36.8 Å². The number of nitro groups is 1. The lowest BCUT2D eigenvalue weighted by molar-refractivity contribution is -0.383. The van der Waals surface area contributed by atoms with Crippen LogP contribution in [0.25, 0.3) is 10.2 Å². The quantitative estimate of drug-likeness (QED) is 0.375. The second-order valence-corrected chi connectivity index (χ2v) is 6.76. The van der Waals surface area contributed by atoms with Crippen LogP contribution >= 0.6 is 11.3 Å². The summed E-state index contributed by atoms with van der Waals surface area (Å²) in [6.07, 6.45) is 2.80. The number of fused-ring (bicyclic) bond motifs is 1. The summed E-state index contributed by atoms with van der Waals surface area (Å²) < 4.78 is 6.22. The summed E-state index contributed by atoms with van der Waals surface area (Å²) >= 11 is 1.40. The topological polar surface area (TPSA) is 119 Å². The Bertz CT molecular complexity index is 1110. The highest BCUT2D eigenvalue weighted by Gasteiger charge is 2.24. The smallest absolute Gasteiger partial charge is 0.353 e. The summed E-state index contributed by atoms with van der Waals surface area (Å²) in [5.74, 6) is 0.817. The van der Waals surface area contributed by atoms with Crippen LogP contribution in [0, 0.1) is 17.0 Å². The minimum Gasteiger partial charge on any atom is -0.467 e. The van der Waals surface area contributed by atoms with Gasteiger partial charge in [0.05, 0.1) is 27.9 Å². The number of nitrogens with one attached hydrogen (secondary N) is 2. The van der Waals surface area contributed by atoms with E-state index < -0.39 is 4.92 Å². The molecule has 0 radical (unpaired) electrons. The molecule has 136 valence electrons. The van der Waals surface area contributed by atoms with Gasteiger partial charge in [0, 0.05) is 0 Å². The summed E-state index contributed by atoms with van der Waals surface area (Å²) in [6.45, 7) is 2.27. The number of furan rings is 1. The fourth-order valence-electron chi connectivity index (χ4n) is 2.54. The number of aromatic nitrogens is 3. The van der Waals surface area contributed by atoms with Crippen molar-refractivity contribution in [2.24, 2.45) is 0 Å². The molecule has 0 amide bonds. The van der Waals surface area contributed by atoms with Gasteiger partial charge in [-0.2, -0.15) is 0 Å². The van der Waals surface area contributed by atoms with Crippen LogP contribution in [-0.4, -0.2) is 19.9 Å². The third kappa shape index (κ3) is 3.55. The first-order chi connectivity index (χ1) is 13.1. The highest BCUT2D eigenvalue weighted by molar-refractivity contribution is 7.22. The van der Waals surface area contributed by atoms with Crippen LogP contribution in [0.3, 0.4) is 0 Å². The van der Waals surface area contributed by atoms with Crippen molar-refractivity contribution in [3.8, 4) is 0 Å². The molecule has 0 fully saturated rings. The van der Waals surface area contributed by atoms with E-state index in [4.69, 9.17) is 4.42 Å². The average molecular weight is 382 g/mol. The van der Waals surface area contributed by atoms with Crippen LogP contribution < -0.4 is 10.6 Å². The van der Waals surface area contributed by atoms with Crippen molar-refractivity contribution in [3.05, 3.63) is 64.4 Å². The molecule has 0 bridgehead atoms. The molecule has 0 aliphatic rings. The van der Waals surface area contributed by atoms with Gasteiger partial charge >= 0.3 is 5.69 Å². The zero-order chi connectivity index (χ0) is 18.8. The molecule has 1 aromatic carbocycles. The van der Waals surface area contributed by atoms with Gasteiger partial charge in [0.1, 0.15) is 12.1 Å². The molecule has 2 N–H and O–H groups in total. The van der Waals surface area contributed by atoms with E-state index in [0.717, 1.165) is 15.8 Å². The maximum Gasteiger partial charge on any atom is 0.353 e. The fourth-order valence-corrected chi connectivity index (χ4v) is 3.51. The Morgan fingerprint density at radius 2 is 2.11 bits per heavy atom. The number of rotatable bonds is 6. The standard InChI is InChI=1S/C17H14N6O3S/c1-10-4-5-12-13(7-10)27-17(21-12)22-16-14(23(24)25)15(19-9-20-16)18-8-11-3-2-6-26-11/h2-7,9H,8H2,1H3,(H2,18,19,20,21,22). The first-order valence-corrected chi connectivity index (χ1v) is 8.81. The maximum absolute atomic E-state index is 11.6. The number of anilines is 3. The molecule has 27 heavy (non-hydrogen) atoms. The number of nitrogens with zero attached hydrogens (tertiary/aromatic N) is 4. The average Bonchev–Trinajstić information content (AvgIpc) is 3.28. The highest BCUT2D eigenvalue weighted by Crippen LogP contribution is 2.34. The van der Waals surface area contributed by atoms with Crippen LogP contribution in [0.15, 0.2) is 47.3 Å². The van der Waals surface area contributed by atoms with E-state index in [1.165, 1.54) is 23.9 Å². The highest BCUT2D eigenvalue weighted by atomic mass is 32.1. The van der Waals surface area contributed by atoms with E-state index in [0.29, 0.717) is 10.9 Å². The van der Waals surface area contributed by atoms with E-state index in [-0.39, 0.29) is 23.9 Å². The summed E-state index contributed by atoms with van der Waals surface area (Å²) in [4.78, 5) is 23.6. The van der Waals surface area contributed by atoms with Crippen molar-refractivity contribution in [2.75, 3.05) is 10.6 Å². The molecular formula is C17H14N6O3S. The zero-order valence-corrected chi connectivity index (χ0v) is 15.0. The Balaban J connectivity index is 1.64. The van der Waals surface area contributed by atoms with Gasteiger partial charge in [-0.25, -0.2) is 15.0 Å². The molecule has 0 atom stereocenters. The van der Waals surface area contributed by atoms with Crippen molar-refractivity contribution >= 4 is 44.0 Å². The van der Waals surface area contributed by atoms with Crippen LogP contribution in [0.2, 0.25) is 0 Å². The number of benzene rings is 1. The molecule has 4 rings (SSSR count). The first kappa shape index (κ1) is 16.9. The van der Waals surface area contributed by atoms with Crippen LogP contribution in [0.4, 0.5) is 22.5 Å². The van der Waals surface area contributed by atoms with Crippen molar-refractivity contribution in [1.82, 2.24) is 15.0 Å². The number of aryl methyl sites for hydroxylation is 1. The van der Waals surface area contributed by atoms with Gasteiger partial charge in [0.2, 0.25) is 11.6 Å². The minimum absolute atomic E-state index is 0.0766. The van der Waals surface area contributed by atoms with Crippen molar-refractivity contribution in [1.29, 1.82) is 0 Å². The van der Waals surface area contributed by atoms with E-state index in [1.807, 2.05) is 25.1 Å². The molecular weight excluding hydrogens is 368 g/mol. The molecule has 0 spiro atoms. The van der Waals surface area contributed by atoms with Crippen LogP contribution in [0.5, 0.6) is 0 Å². The molecule has 0 saturated heterocycles. The van der Waals surface area contributed by atoms with E-state index in [9.17, 15) is 10.1 Å². The Kier molecular flexibility index (Phi) is 4.38. The van der Waals surface area contributed by atoms with E-state index in [2.05, 4.69) is 25.6 Å². The Morgan fingerprint density at radius 3 is 2.89 bits per heavy atom. The van der Waals surface area contributed by atoms with Crippen molar-refractivity contribution in [2.45, 2.75) is 13.5 Å². The summed E-state index contributed by atoms with van der Waals surface area (Å²) in [5.41, 5.74) is 1.69. The lowest BCUT2D eigenvalue weighted by Crippen LogP contribution is -2.07. The normalized spacial score (nSPS) is 10.9.